The standard InChI is InChI=1S/C18H18N6O2/c1-11(2)24-10-12-7-13(16(26-3)8-14(12)22-24)18(25)21-15-9-20-23-6-4-5-19-17(15)23/h4-11H,1-3H3,(H,21,25). The van der Waals surface area contributed by atoms with Crippen LogP contribution in [0.15, 0.2) is 43.0 Å². The predicted molar refractivity (Wildman–Crippen MR) is 97.6 cm³/mol. The van der Waals surface area contributed by atoms with Gasteiger partial charge in [-0.05, 0) is 26.0 Å². The van der Waals surface area contributed by atoms with Gasteiger partial charge in [0, 0.05) is 36.1 Å². The van der Waals surface area contributed by atoms with Crippen molar-refractivity contribution in [3.8, 4) is 5.75 Å². The van der Waals surface area contributed by atoms with Crippen LogP contribution in [-0.4, -0.2) is 37.4 Å². The van der Waals surface area contributed by atoms with Crippen molar-refractivity contribution < 1.29 is 9.53 Å². The van der Waals surface area contributed by atoms with Gasteiger partial charge < -0.3 is 10.1 Å². The van der Waals surface area contributed by atoms with Crippen LogP contribution in [0.5, 0.6) is 5.75 Å². The van der Waals surface area contributed by atoms with Gasteiger partial charge >= 0.3 is 0 Å². The van der Waals surface area contributed by atoms with E-state index in [0.29, 0.717) is 22.6 Å². The van der Waals surface area contributed by atoms with Crippen LogP contribution in [0.4, 0.5) is 5.69 Å². The van der Waals surface area contributed by atoms with Crippen LogP contribution in [0.1, 0.15) is 30.2 Å². The van der Waals surface area contributed by atoms with E-state index in [-0.39, 0.29) is 11.9 Å². The number of benzene rings is 1. The minimum atomic E-state index is -0.290. The van der Waals surface area contributed by atoms with Crippen LogP contribution in [0.3, 0.4) is 0 Å². The van der Waals surface area contributed by atoms with Gasteiger partial charge in [0.2, 0.25) is 0 Å². The van der Waals surface area contributed by atoms with Gasteiger partial charge in [-0.15, -0.1) is 0 Å². The summed E-state index contributed by atoms with van der Waals surface area (Å²) in [6.45, 7) is 4.10. The molecule has 26 heavy (non-hydrogen) atoms. The Hall–Kier alpha value is -3.42. The lowest BCUT2D eigenvalue weighted by Crippen LogP contribution is -2.13. The maximum atomic E-state index is 12.8. The van der Waals surface area contributed by atoms with Gasteiger partial charge in [0.25, 0.3) is 5.91 Å². The molecule has 0 aliphatic heterocycles. The Bertz CT molecular complexity index is 1110. The number of methoxy groups -OCH3 is 1. The maximum Gasteiger partial charge on any atom is 0.259 e. The molecule has 1 aromatic carbocycles. The summed E-state index contributed by atoms with van der Waals surface area (Å²) in [7, 11) is 1.54. The minimum Gasteiger partial charge on any atom is -0.496 e. The summed E-state index contributed by atoms with van der Waals surface area (Å²) in [5.41, 5.74) is 2.33. The van der Waals surface area contributed by atoms with E-state index in [9.17, 15) is 4.79 Å². The molecule has 4 aromatic rings. The van der Waals surface area contributed by atoms with Crippen LogP contribution < -0.4 is 10.1 Å². The van der Waals surface area contributed by atoms with Crippen molar-refractivity contribution in [3.63, 3.8) is 0 Å². The molecule has 0 radical (unpaired) electrons. The van der Waals surface area contributed by atoms with E-state index in [1.54, 1.807) is 41.3 Å². The second-order valence-corrected chi connectivity index (χ2v) is 6.21. The summed E-state index contributed by atoms with van der Waals surface area (Å²) < 4.78 is 8.87. The van der Waals surface area contributed by atoms with Crippen LogP contribution >= 0.6 is 0 Å². The molecule has 0 saturated heterocycles. The molecular formula is C18H18N6O2. The number of nitrogens with one attached hydrogen (secondary N) is 1. The summed E-state index contributed by atoms with van der Waals surface area (Å²) in [6.07, 6.45) is 6.92. The van der Waals surface area contributed by atoms with Gasteiger partial charge in [0.15, 0.2) is 5.65 Å². The van der Waals surface area contributed by atoms with Crippen LogP contribution in [0.25, 0.3) is 16.6 Å². The number of hydrogen-bond acceptors (Lipinski definition) is 5. The van der Waals surface area contributed by atoms with Crippen LogP contribution in [0.2, 0.25) is 0 Å². The molecule has 8 nitrogen and oxygen atoms in total. The molecule has 1 amide bonds. The largest absolute Gasteiger partial charge is 0.496 e. The molecule has 0 fully saturated rings. The Balaban J connectivity index is 1.73. The zero-order valence-electron chi connectivity index (χ0n) is 14.7. The monoisotopic (exact) mass is 350 g/mol. The normalized spacial score (nSPS) is 11.4. The van der Waals surface area contributed by atoms with Crippen molar-refractivity contribution in [2.24, 2.45) is 0 Å². The first-order chi connectivity index (χ1) is 12.6. The molecule has 0 aliphatic rings. The van der Waals surface area contributed by atoms with Gasteiger partial charge in [-0.1, -0.05) is 0 Å². The first-order valence-corrected chi connectivity index (χ1v) is 8.23. The fourth-order valence-electron chi connectivity index (χ4n) is 2.79. The highest BCUT2D eigenvalue weighted by atomic mass is 16.5. The molecule has 0 bridgehead atoms. The van der Waals surface area contributed by atoms with E-state index in [2.05, 4.69) is 34.3 Å². The lowest BCUT2D eigenvalue weighted by atomic mass is 10.1. The van der Waals surface area contributed by atoms with E-state index >= 15 is 0 Å². The Kier molecular flexibility index (Phi) is 3.80. The van der Waals surface area contributed by atoms with Crippen LogP contribution in [-0.2, 0) is 0 Å². The molecule has 8 heteroatoms. The maximum absolute atomic E-state index is 12.8. The zero-order valence-corrected chi connectivity index (χ0v) is 14.7. The van der Waals surface area contributed by atoms with Crippen molar-refractivity contribution in [2.45, 2.75) is 19.9 Å². The van der Waals surface area contributed by atoms with Crippen molar-refractivity contribution >= 4 is 28.1 Å². The summed E-state index contributed by atoms with van der Waals surface area (Å²) in [6, 6.07) is 5.57. The fourth-order valence-corrected chi connectivity index (χ4v) is 2.79. The lowest BCUT2D eigenvalue weighted by molar-refractivity contribution is 0.102. The minimum absolute atomic E-state index is 0.232. The van der Waals surface area contributed by atoms with E-state index < -0.39 is 0 Å². The second-order valence-electron chi connectivity index (χ2n) is 6.21. The Labute approximate surface area is 149 Å². The number of aromatic nitrogens is 5. The molecule has 0 saturated carbocycles. The van der Waals surface area contributed by atoms with Crippen molar-refractivity contribution in [1.29, 1.82) is 0 Å². The third kappa shape index (κ3) is 2.65. The summed E-state index contributed by atoms with van der Waals surface area (Å²) in [5.74, 6) is 0.176. The highest BCUT2D eigenvalue weighted by molar-refractivity contribution is 6.09. The lowest BCUT2D eigenvalue weighted by Gasteiger charge is -2.08. The van der Waals surface area contributed by atoms with Crippen molar-refractivity contribution in [1.82, 2.24) is 24.4 Å². The first kappa shape index (κ1) is 16.1. The number of carbonyl (C=O) groups excluding carboxylic acids is 1. The van der Waals surface area contributed by atoms with E-state index in [1.165, 1.54) is 7.11 Å². The first-order valence-electron chi connectivity index (χ1n) is 8.23. The predicted octanol–water partition coefficient (Wildman–Crippen LogP) is 2.92. The summed E-state index contributed by atoms with van der Waals surface area (Å²) in [4.78, 5) is 17.1. The number of fused-ring (bicyclic) bond motifs is 2. The third-order valence-corrected chi connectivity index (χ3v) is 4.14. The quantitative estimate of drug-likeness (QED) is 0.611. The van der Waals surface area contributed by atoms with Crippen LogP contribution in [0, 0.1) is 0 Å². The van der Waals surface area contributed by atoms with Gasteiger partial charge in [0.05, 0.1) is 24.4 Å². The summed E-state index contributed by atoms with van der Waals surface area (Å²) in [5, 5.41) is 12.4. The third-order valence-electron chi connectivity index (χ3n) is 4.14. The average Bonchev–Trinajstić information content (AvgIpc) is 3.24. The van der Waals surface area contributed by atoms with Gasteiger partial charge in [-0.2, -0.15) is 10.2 Å². The van der Waals surface area contributed by atoms with Gasteiger partial charge in [0.1, 0.15) is 11.4 Å². The molecular weight excluding hydrogens is 332 g/mol. The number of nitrogens with zero attached hydrogens (tertiary/aromatic N) is 5. The van der Waals surface area contributed by atoms with E-state index in [1.807, 2.05) is 10.9 Å². The highest BCUT2D eigenvalue weighted by Crippen LogP contribution is 2.27. The van der Waals surface area contributed by atoms with Gasteiger partial charge in [-0.25, -0.2) is 9.50 Å². The molecule has 132 valence electrons. The topological polar surface area (TPSA) is 86.3 Å². The number of amides is 1. The average molecular weight is 350 g/mol. The van der Waals surface area contributed by atoms with Crippen molar-refractivity contribution in [2.75, 3.05) is 12.4 Å². The highest BCUT2D eigenvalue weighted by Gasteiger charge is 2.18. The summed E-state index contributed by atoms with van der Waals surface area (Å²) >= 11 is 0. The Morgan fingerprint density at radius 3 is 2.92 bits per heavy atom. The SMILES string of the molecule is COc1cc2nn(C(C)C)cc2cc1C(=O)Nc1cnn2cccnc12. The number of ether oxygens (including phenoxy) is 1. The molecule has 0 aliphatic carbocycles. The Morgan fingerprint density at radius 2 is 2.15 bits per heavy atom. The zero-order chi connectivity index (χ0) is 18.3. The number of hydrogen-bond donors (Lipinski definition) is 1. The molecule has 0 atom stereocenters. The second kappa shape index (κ2) is 6.14. The molecule has 1 N–H and O–H groups in total. The Morgan fingerprint density at radius 1 is 1.31 bits per heavy atom. The molecule has 0 spiro atoms. The van der Waals surface area contributed by atoms with E-state index in [4.69, 9.17) is 4.74 Å². The number of rotatable bonds is 4. The molecule has 4 rings (SSSR count). The number of carbonyl (C=O) groups is 1. The smallest absolute Gasteiger partial charge is 0.259 e. The molecule has 0 unspecified atom stereocenters. The van der Waals surface area contributed by atoms with Gasteiger partial charge in [-0.3, -0.25) is 9.48 Å². The molecule has 3 aromatic heterocycles. The van der Waals surface area contributed by atoms with E-state index in [0.717, 1.165) is 10.9 Å². The fraction of sp³-hybridized carbons (Fsp3) is 0.222. The number of anilines is 1. The molecule has 3 heterocycles. The van der Waals surface area contributed by atoms with Crippen molar-refractivity contribution in [3.05, 3.63) is 48.5 Å².